The second kappa shape index (κ2) is 6.76. The van der Waals surface area contributed by atoms with Crippen LogP contribution in [0.15, 0.2) is 22.7 Å². The van der Waals surface area contributed by atoms with E-state index < -0.39 is 0 Å². The van der Waals surface area contributed by atoms with Crippen molar-refractivity contribution in [3.63, 3.8) is 0 Å². The van der Waals surface area contributed by atoms with Crippen molar-refractivity contribution in [2.24, 2.45) is 0 Å². The minimum atomic E-state index is -0.00572. The van der Waals surface area contributed by atoms with Crippen LogP contribution < -0.4 is 0 Å². The Hall–Kier alpha value is -0.0600. The number of halogens is 3. The molecule has 0 fully saturated rings. The van der Waals surface area contributed by atoms with Gasteiger partial charge in [0.05, 0.1) is 5.56 Å². The molecule has 0 atom stereocenters. The van der Waals surface area contributed by atoms with Crippen molar-refractivity contribution < 1.29 is 4.79 Å². The first-order chi connectivity index (χ1) is 7.97. The highest BCUT2D eigenvalue weighted by Crippen LogP contribution is 2.23. The zero-order valence-corrected chi connectivity index (χ0v) is 13.6. The third-order valence-electron chi connectivity index (χ3n) is 2.37. The lowest BCUT2D eigenvalue weighted by Crippen LogP contribution is -2.38. The van der Waals surface area contributed by atoms with Gasteiger partial charge < -0.3 is 4.90 Å². The lowest BCUT2D eigenvalue weighted by atomic mass is 10.1. The van der Waals surface area contributed by atoms with E-state index in [1.165, 1.54) is 0 Å². The summed E-state index contributed by atoms with van der Waals surface area (Å²) in [5, 5.41) is 1.33. The van der Waals surface area contributed by atoms with Crippen LogP contribution in [0, 0.1) is 0 Å². The lowest BCUT2D eigenvalue weighted by molar-refractivity contribution is 0.0718. The molecule has 1 amide bonds. The molecule has 17 heavy (non-hydrogen) atoms. The summed E-state index contributed by atoms with van der Waals surface area (Å²) in [6, 6.07) is 5.40. The average Bonchev–Trinajstić information content (AvgIpc) is 2.28. The average molecular weight is 384 g/mol. The maximum atomic E-state index is 12.4. The summed E-state index contributed by atoms with van der Waals surface area (Å²) in [4.78, 5) is 14.2. The molecular weight excluding hydrogens is 369 g/mol. The van der Waals surface area contributed by atoms with Gasteiger partial charge in [-0.15, -0.1) is 0 Å². The summed E-state index contributed by atoms with van der Waals surface area (Å²) < 4.78 is 0.770. The van der Waals surface area contributed by atoms with Crippen molar-refractivity contribution in [3.05, 3.63) is 33.3 Å². The van der Waals surface area contributed by atoms with Crippen LogP contribution in [0.3, 0.4) is 0 Å². The van der Waals surface area contributed by atoms with Gasteiger partial charge in [0.2, 0.25) is 0 Å². The Morgan fingerprint density at radius 3 is 2.65 bits per heavy atom. The third kappa shape index (κ3) is 3.97. The molecule has 0 saturated heterocycles. The highest BCUT2D eigenvalue weighted by molar-refractivity contribution is 9.10. The van der Waals surface area contributed by atoms with Gasteiger partial charge in [0.25, 0.3) is 5.91 Å². The number of rotatable bonds is 4. The molecule has 0 heterocycles. The van der Waals surface area contributed by atoms with Crippen LogP contribution in [0.2, 0.25) is 5.02 Å². The Morgan fingerprint density at radius 1 is 1.47 bits per heavy atom. The maximum Gasteiger partial charge on any atom is 0.255 e. The molecule has 0 aliphatic rings. The van der Waals surface area contributed by atoms with E-state index in [0.29, 0.717) is 17.1 Å². The number of carbonyl (C=O) groups is 1. The summed E-state index contributed by atoms with van der Waals surface area (Å²) in [5.41, 5.74) is 0.604. The minimum absolute atomic E-state index is 0.00572. The Bertz CT molecular complexity index is 409. The van der Waals surface area contributed by atoms with E-state index in [-0.39, 0.29) is 11.9 Å². The molecule has 0 aliphatic carbocycles. The Balaban J connectivity index is 3.04. The summed E-state index contributed by atoms with van der Waals surface area (Å²) in [5.74, 6) is -0.00572. The van der Waals surface area contributed by atoms with Crippen LogP contribution >= 0.6 is 43.5 Å². The molecule has 0 saturated carbocycles. The molecular formula is C12H14Br2ClNO. The van der Waals surface area contributed by atoms with E-state index in [2.05, 4.69) is 31.9 Å². The fourth-order valence-electron chi connectivity index (χ4n) is 1.50. The molecule has 0 bridgehead atoms. The highest BCUT2D eigenvalue weighted by atomic mass is 79.9. The molecule has 0 unspecified atom stereocenters. The van der Waals surface area contributed by atoms with Crippen molar-refractivity contribution in [2.45, 2.75) is 19.9 Å². The minimum Gasteiger partial charge on any atom is -0.335 e. The summed E-state index contributed by atoms with van der Waals surface area (Å²) in [6.07, 6.45) is 0. The van der Waals surface area contributed by atoms with Crippen LogP contribution in [0.1, 0.15) is 24.2 Å². The number of alkyl halides is 1. The SMILES string of the molecule is CC(C)N(CCBr)C(=O)c1cc(Cl)ccc1Br. The molecule has 1 aromatic rings. The van der Waals surface area contributed by atoms with Gasteiger partial charge >= 0.3 is 0 Å². The van der Waals surface area contributed by atoms with Crippen LogP contribution in [0.5, 0.6) is 0 Å². The second-order valence-corrected chi connectivity index (χ2v) is 5.99. The summed E-state index contributed by atoms with van der Waals surface area (Å²) in [6.45, 7) is 4.67. The molecule has 1 rings (SSSR count). The van der Waals surface area contributed by atoms with Gasteiger partial charge in [-0.2, -0.15) is 0 Å². The van der Waals surface area contributed by atoms with Crippen molar-refractivity contribution in [3.8, 4) is 0 Å². The van der Waals surface area contributed by atoms with Gasteiger partial charge in [0.15, 0.2) is 0 Å². The largest absolute Gasteiger partial charge is 0.335 e. The lowest BCUT2D eigenvalue weighted by Gasteiger charge is -2.26. The van der Waals surface area contributed by atoms with Crippen molar-refractivity contribution >= 4 is 49.4 Å². The van der Waals surface area contributed by atoms with Crippen LogP contribution in [0.25, 0.3) is 0 Å². The molecule has 1 aromatic carbocycles. The fraction of sp³-hybridized carbons (Fsp3) is 0.417. The summed E-state index contributed by atoms with van der Waals surface area (Å²) >= 11 is 12.7. The van der Waals surface area contributed by atoms with Crippen LogP contribution in [-0.4, -0.2) is 28.7 Å². The standard InChI is InChI=1S/C12H14Br2ClNO/c1-8(2)16(6-5-13)12(17)10-7-9(15)3-4-11(10)14/h3-4,7-8H,5-6H2,1-2H3. The molecule has 0 aliphatic heterocycles. The Kier molecular flexibility index (Phi) is 5.97. The fourth-order valence-corrected chi connectivity index (χ4v) is 2.47. The van der Waals surface area contributed by atoms with E-state index in [1.54, 1.807) is 18.2 Å². The molecule has 0 spiro atoms. The highest BCUT2D eigenvalue weighted by Gasteiger charge is 2.20. The maximum absolute atomic E-state index is 12.4. The predicted molar refractivity (Wildman–Crippen MR) is 79.1 cm³/mol. The number of carbonyl (C=O) groups excluding carboxylic acids is 1. The van der Waals surface area contributed by atoms with Crippen LogP contribution in [0.4, 0.5) is 0 Å². The van der Waals surface area contributed by atoms with Crippen molar-refractivity contribution in [1.29, 1.82) is 0 Å². The number of hydrogen-bond donors (Lipinski definition) is 0. The molecule has 0 N–H and O–H groups in total. The Labute approximate surface area is 124 Å². The summed E-state index contributed by atoms with van der Waals surface area (Å²) in [7, 11) is 0. The smallest absolute Gasteiger partial charge is 0.255 e. The van der Waals surface area contributed by atoms with Crippen LogP contribution in [-0.2, 0) is 0 Å². The van der Waals surface area contributed by atoms with Gasteiger partial charge in [0.1, 0.15) is 0 Å². The first-order valence-electron chi connectivity index (χ1n) is 5.29. The normalized spacial score (nSPS) is 10.7. The van der Waals surface area contributed by atoms with Gasteiger partial charge in [-0.05, 0) is 48.0 Å². The number of benzene rings is 1. The zero-order valence-electron chi connectivity index (χ0n) is 9.71. The van der Waals surface area contributed by atoms with E-state index in [9.17, 15) is 4.79 Å². The predicted octanol–water partition coefficient (Wildman–Crippen LogP) is 4.35. The molecule has 2 nitrogen and oxygen atoms in total. The van der Waals surface area contributed by atoms with Crippen molar-refractivity contribution in [1.82, 2.24) is 4.90 Å². The third-order valence-corrected chi connectivity index (χ3v) is 3.65. The molecule has 0 radical (unpaired) electrons. The second-order valence-electron chi connectivity index (χ2n) is 3.91. The monoisotopic (exact) mass is 381 g/mol. The number of hydrogen-bond acceptors (Lipinski definition) is 1. The first kappa shape index (κ1) is 15.0. The van der Waals surface area contributed by atoms with E-state index >= 15 is 0 Å². The van der Waals surface area contributed by atoms with E-state index in [1.807, 2.05) is 18.7 Å². The molecule has 94 valence electrons. The quantitative estimate of drug-likeness (QED) is 0.708. The Morgan fingerprint density at radius 2 is 2.12 bits per heavy atom. The first-order valence-corrected chi connectivity index (χ1v) is 7.58. The zero-order chi connectivity index (χ0) is 13.0. The van der Waals surface area contributed by atoms with Crippen molar-refractivity contribution in [2.75, 3.05) is 11.9 Å². The van der Waals surface area contributed by atoms with Gasteiger partial charge in [-0.1, -0.05) is 27.5 Å². The topological polar surface area (TPSA) is 20.3 Å². The number of nitrogens with zero attached hydrogens (tertiary/aromatic N) is 1. The molecule has 5 heteroatoms. The van der Waals surface area contributed by atoms with Gasteiger partial charge in [-0.3, -0.25) is 4.79 Å². The van der Waals surface area contributed by atoms with E-state index in [4.69, 9.17) is 11.6 Å². The van der Waals surface area contributed by atoms with Gasteiger partial charge in [-0.25, -0.2) is 0 Å². The number of amides is 1. The van der Waals surface area contributed by atoms with Gasteiger partial charge in [0, 0.05) is 27.4 Å². The van der Waals surface area contributed by atoms with E-state index in [0.717, 1.165) is 9.80 Å². The molecule has 0 aromatic heterocycles.